The smallest absolute Gasteiger partial charge is 0.330 e. The maximum Gasteiger partial charge on any atom is 0.330 e. The highest BCUT2D eigenvalue weighted by atomic mass is 35.5. The highest BCUT2D eigenvalue weighted by molar-refractivity contribution is 7.89. The lowest BCUT2D eigenvalue weighted by Crippen LogP contribution is -2.44. The molecule has 122 valence electrons. The standard InChI is InChI=1S/C12H15ClN2O6S/c1-14-22(19,20)10-5-7(3-4-8(10)13)11(17)15-9(6-16)12(18)21-2/h3-5,9,14,16H,6H2,1-2H3,(H,15,17)/t9-/m1/s1. The number of carbonyl (C=O) groups is 2. The Morgan fingerprint density at radius 3 is 2.55 bits per heavy atom. The van der Waals surface area contributed by atoms with Crippen molar-refractivity contribution in [2.75, 3.05) is 20.8 Å². The minimum absolute atomic E-state index is 0.0411. The molecular weight excluding hydrogens is 336 g/mol. The van der Waals surface area contributed by atoms with Crippen LogP contribution >= 0.6 is 11.6 Å². The van der Waals surface area contributed by atoms with Gasteiger partial charge < -0.3 is 15.2 Å². The first kappa shape index (κ1) is 18.4. The van der Waals surface area contributed by atoms with Gasteiger partial charge in [-0.25, -0.2) is 17.9 Å². The van der Waals surface area contributed by atoms with E-state index >= 15 is 0 Å². The minimum atomic E-state index is -3.84. The van der Waals surface area contributed by atoms with Gasteiger partial charge in [0.1, 0.15) is 4.90 Å². The molecular formula is C12H15ClN2O6S. The van der Waals surface area contributed by atoms with Gasteiger partial charge in [0, 0.05) is 5.56 Å². The summed E-state index contributed by atoms with van der Waals surface area (Å²) in [5.41, 5.74) is -0.0411. The molecule has 1 amide bonds. The van der Waals surface area contributed by atoms with Crippen LogP contribution in [-0.2, 0) is 19.6 Å². The molecule has 1 aromatic carbocycles. The second kappa shape index (κ2) is 7.54. The summed E-state index contributed by atoms with van der Waals surface area (Å²) in [5.74, 6) is -1.58. The number of nitrogens with one attached hydrogen (secondary N) is 2. The van der Waals surface area contributed by atoms with Crippen molar-refractivity contribution in [1.29, 1.82) is 0 Å². The summed E-state index contributed by atoms with van der Waals surface area (Å²) in [6.45, 7) is -0.659. The molecule has 0 fully saturated rings. The number of carbonyl (C=O) groups excluding carboxylic acids is 2. The Bertz CT molecular complexity index is 676. The van der Waals surface area contributed by atoms with Crippen LogP contribution in [0, 0.1) is 0 Å². The number of hydrogen-bond acceptors (Lipinski definition) is 6. The van der Waals surface area contributed by atoms with Gasteiger partial charge in [-0.3, -0.25) is 4.79 Å². The molecule has 0 aromatic heterocycles. The third-order valence-electron chi connectivity index (χ3n) is 2.73. The van der Waals surface area contributed by atoms with E-state index in [1.54, 1.807) is 0 Å². The van der Waals surface area contributed by atoms with Crippen LogP contribution in [0.5, 0.6) is 0 Å². The zero-order valence-electron chi connectivity index (χ0n) is 11.8. The Balaban J connectivity index is 3.10. The van der Waals surface area contributed by atoms with E-state index in [2.05, 4.69) is 14.8 Å². The first-order valence-corrected chi connectivity index (χ1v) is 7.85. The number of aliphatic hydroxyl groups is 1. The van der Waals surface area contributed by atoms with Crippen LogP contribution in [0.4, 0.5) is 0 Å². The van der Waals surface area contributed by atoms with Crippen molar-refractivity contribution in [3.63, 3.8) is 0 Å². The molecule has 0 aliphatic carbocycles. The van der Waals surface area contributed by atoms with Crippen LogP contribution in [0.15, 0.2) is 23.1 Å². The number of benzene rings is 1. The van der Waals surface area contributed by atoms with E-state index in [0.717, 1.165) is 13.2 Å². The van der Waals surface area contributed by atoms with E-state index < -0.39 is 34.5 Å². The van der Waals surface area contributed by atoms with Crippen molar-refractivity contribution in [2.45, 2.75) is 10.9 Å². The van der Waals surface area contributed by atoms with Crippen molar-refractivity contribution < 1.29 is 27.9 Å². The Hall–Kier alpha value is -1.68. The highest BCUT2D eigenvalue weighted by Gasteiger charge is 2.23. The average molecular weight is 351 g/mol. The summed E-state index contributed by atoms with van der Waals surface area (Å²) in [4.78, 5) is 23.1. The van der Waals surface area contributed by atoms with Crippen LogP contribution in [0.25, 0.3) is 0 Å². The molecule has 1 rings (SSSR count). The fourth-order valence-electron chi connectivity index (χ4n) is 1.52. The molecule has 10 heteroatoms. The molecule has 0 saturated heterocycles. The van der Waals surface area contributed by atoms with Gasteiger partial charge in [-0.2, -0.15) is 0 Å². The Kier molecular flexibility index (Phi) is 6.30. The van der Waals surface area contributed by atoms with Crippen LogP contribution in [0.1, 0.15) is 10.4 Å². The quantitative estimate of drug-likeness (QED) is 0.595. The SMILES string of the molecule is CNS(=O)(=O)c1cc(C(=O)N[C@H](CO)C(=O)OC)ccc1Cl. The van der Waals surface area contributed by atoms with Crippen molar-refractivity contribution in [3.8, 4) is 0 Å². The summed E-state index contributed by atoms with van der Waals surface area (Å²) in [7, 11) is -1.53. The predicted molar refractivity (Wildman–Crippen MR) is 78.1 cm³/mol. The zero-order chi connectivity index (χ0) is 16.9. The van der Waals surface area contributed by atoms with Gasteiger partial charge in [0.25, 0.3) is 5.91 Å². The van der Waals surface area contributed by atoms with Gasteiger partial charge in [0.2, 0.25) is 10.0 Å². The lowest BCUT2D eigenvalue weighted by molar-refractivity contribution is -0.143. The fraction of sp³-hybridized carbons (Fsp3) is 0.333. The number of hydrogen-bond donors (Lipinski definition) is 3. The predicted octanol–water partition coefficient (Wildman–Crippen LogP) is -0.488. The van der Waals surface area contributed by atoms with E-state index in [1.807, 2.05) is 0 Å². The summed E-state index contributed by atoms with van der Waals surface area (Å²) < 4.78 is 30.1. The number of amides is 1. The number of halogens is 1. The fourth-order valence-corrected chi connectivity index (χ4v) is 2.77. The lowest BCUT2D eigenvalue weighted by atomic mass is 10.2. The van der Waals surface area contributed by atoms with E-state index in [-0.39, 0.29) is 15.5 Å². The molecule has 0 saturated carbocycles. The summed E-state index contributed by atoms with van der Waals surface area (Å²) >= 11 is 5.81. The van der Waals surface area contributed by atoms with Gasteiger partial charge in [-0.1, -0.05) is 11.6 Å². The van der Waals surface area contributed by atoms with Gasteiger partial charge in [0.05, 0.1) is 18.7 Å². The van der Waals surface area contributed by atoms with Gasteiger partial charge in [-0.05, 0) is 25.2 Å². The summed E-state index contributed by atoms with van der Waals surface area (Å²) in [6, 6.07) is 2.34. The van der Waals surface area contributed by atoms with E-state index in [9.17, 15) is 18.0 Å². The topological polar surface area (TPSA) is 122 Å². The number of rotatable bonds is 6. The lowest BCUT2D eigenvalue weighted by Gasteiger charge is -2.14. The second-order valence-electron chi connectivity index (χ2n) is 4.08. The number of aliphatic hydroxyl groups excluding tert-OH is 1. The molecule has 22 heavy (non-hydrogen) atoms. The third kappa shape index (κ3) is 4.17. The molecule has 0 bridgehead atoms. The molecule has 0 aliphatic rings. The molecule has 0 radical (unpaired) electrons. The van der Waals surface area contributed by atoms with E-state index in [0.29, 0.717) is 0 Å². The Morgan fingerprint density at radius 2 is 2.05 bits per heavy atom. The Morgan fingerprint density at radius 1 is 1.41 bits per heavy atom. The van der Waals surface area contributed by atoms with Crippen molar-refractivity contribution in [3.05, 3.63) is 28.8 Å². The molecule has 0 spiro atoms. The summed E-state index contributed by atoms with van der Waals surface area (Å²) in [6.07, 6.45) is 0. The first-order chi connectivity index (χ1) is 10.3. The van der Waals surface area contributed by atoms with Crippen molar-refractivity contribution in [1.82, 2.24) is 10.0 Å². The van der Waals surface area contributed by atoms with Crippen LogP contribution < -0.4 is 10.0 Å². The monoisotopic (exact) mass is 350 g/mol. The van der Waals surface area contributed by atoms with Crippen LogP contribution in [-0.4, -0.2) is 52.2 Å². The molecule has 3 N–H and O–H groups in total. The van der Waals surface area contributed by atoms with E-state index in [1.165, 1.54) is 19.2 Å². The summed E-state index contributed by atoms with van der Waals surface area (Å²) in [5, 5.41) is 11.2. The zero-order valence-corrected chi connectivity index (χ0v) is 13.4. The molecule has 0 unspecified atom stereocenters. The maximum atomic E-state index is 12.0. The number of sulfonamides is 1. The van der Waals surface area contributed by atoms with Crippen LogP contribution in [0.3, 0.4) is 0 Å². The first-order valence-electron chi connectivity index (χ1n) is 5.99. The minimum Gasteiger partial charge on any atom is -0.467 e. The van der Waals surface area contributed by atoms with Crippen LogP contribution in [0.2, 0.25) is 5.02 Å². The normalized spacial score (nSPS) is 12.5. The number of methoxy groups -OCH3 is 1. The van der Waals surface area contributed by atoms with Gasteiger partial charge >= 0.3 is 5.97 Å². The maximum absolute atomic E-state index is 12.0. The average Bonchev–Trinajstić information content (AvgIpc) is 2.51. The molecule has 1 aromatic rings. The van der Waals surface area contributed by atoms with E-state index in [4.69, 9.17) is 16.7 Å². The number of esters is 1. The molecule has 1 atom stereocenters. The largest absolute Gasteiger partial charge is 0.467 e. The van der Waals surface area contributed by atoms with Crippen molar-refractivity contribution >= 4 is 33.5 Å². The third-order valence-corrected chi connectivity index (χ3v) is 4.62. The highest BCUT2D eigenvalue weighted by Crippen LogP contribution is 2.22. The Labute approximate surface area is 132 Å². The molecule has 8 nitrogen and oxygen atoms in total. The van der Waals surface area contributed by atoms with Gasteiger partial charge in [0.15, 0.2) is 6.04 Å². The van der Waals surface area contributed by atoms with Gasteiger partial charge in [-0.15, -0.1) is 0 Å². The van der Waals surface area contributed by atoms with Crippen molar-refractivity contribution in [2.24, 2.45) is 0 Å². The molecule has 0 aliphatic heterocycles. The number of ether oxygens (including phenoxy) is 1. The molecule has 0 heterocycles. The second-order valence-corrected chi connectivity index (χ2v) is 6.35.